The van der Waals surface area contributed by atoms with Crippen LogP contribution in [0.1, 0.15) is 0 Å². The summed E-state index contributed by atoms with van der Waals surface area (Å²) in [5.41, 5.74) is 4.99. The molecule has 0 rings (SSSR count). The Hall–Kier alpha value is -1.96. The number of nitrogens with two attached hydrogens (primary N) is 1. The molecule has 3 amide bonds. The van der Waals surface area contributed by atoms with Gasteiger partial charge in [0.05, 0.1) is 26.2 Å². The molecule has 0 aromatic rings. The minimum absolute atomic E-state index is 0.0986. The molecule has 0 aromatic heterocycles. The van der Waals surface area contributed by atoms with Gasteiger partial charge in [-0.2, -0.15) is 0 Å². The van der Waals surface area contributed by atoms with Crippen LogP contribution in [0.3, 0.4) is 0 Å². The number of carbonyl (C=O) groups excluding carboxylic acids is 4. The van der Waals surface area contributed by atoms with Crippen LogP contribution in [0.4, 0.5) is 0 Å². The lowest BCUT2D eigenvalue weighted by atomic mass is 10.5. The van der Waals surface area contributed by atoms with Gasteiger partial charge in [-0.05, 0) is 0 Å². The van der Waals surface area contributed by atoms with Gasteiger partial charge in [-0.3, -0.25) is 14.4 Å². The summed E-state index contributed by atoms with van der Waals surface area (Å²) < 4.78 is 0. The van der Waals surface area contributed by atoms with Gasteiger partial charge in [0.1, 0.15) is 6.29 Å². The van der Waals surface area contributed by atoms with Crippen LogP contribution in [0.5, 0.6) is 0 Å². The highest BCUT2D eigenvalue weighted by atomic mass is 16.2. The highest BCUT2D eigenvalue weighted by molar-refractivity contribution is 5.88. The molecular weight excluding hydrogens is 216 g/mol. The number of hydrogen-bond acceptors (Lipinski definition) is 5. The lowest BCUT2D eigenvalue weighted by Gasteiger charge is -2.05. The van der Waals surface area contributed by atoms with E-state index in [2.05, 4.69) is 16.0 Å². The van der Waals surface area contributed by atoms with E-state index in [1.54, 1.807) is 0 Å². The van der Waals surface area contributed by atoms with Gasteiger partial charge in [0, 0.05) is 0 Å². The smallest absolute Gasteiger partial charge is 0.239 e. The summed E-state index contributed by atoms with van der Waals surface area (Å²) in [5, 5.41) is 6.72. The fraction of sp³-hybridized carbons (Fsp3) is 0.500. The molecule has 0 aromatic carbocycles. The van der Waals surface area contributed by atoms with Crippen molar-refractivity contribution in [3.63, 3.8) is 0 Å². The van der Waals surface area contributed by atoms with Gasteiger partial charge in [-0.15, -0.1) is 0 Å². The van der Waals surface area contributed by atoms with Crippen LogP contribution < -0.4 is 21.7 Å². The van der Waals surface area contributed by atoms with Gasteiger partial charge in [-0.25, -0.2) is 0 Å². The van der Waals surface area contributed by atoms with E-state index in [0.717, 1.165) is 0 Å². The summed E-state index contributed by atoms with van der Waals surface area (Å²) in [4.78, 5) is 42.5. The molecule has 0 aliphatic rings. The lowest BCUT2D eigenvalue weighted by molar-refractivity contribution is -0.127. The zero-order valence-electron chi connectivity index (χ0n) is 8.62. The molecule has 0 unspecified atom stereocenters. The van der Waals surface area contributed by atoms with Crippen LogP contribution in [0.25, 0.3) is 0 Å². The second-order valence-electron chi connectivity index (χ2n) is 2.73. The van der Waals surface area contributed by atoms with Crippen molar-refractivity contribution < 1.29 is 19.2 Å². The molecule has 0 saturated heterocycles. The Bertz CT molecular complexity index is 279. The van der Waals surface area contributed by atoms with Crippen LogP contribution in [-0.2, 0) is 19.2 Å². The van der Waals surface area contributed by atoms with Gasteiger partial charge in [0.15, 0.2) is 0 Å². The predicted octanol–water partition coefficient (Wildman–Crippen LogP) is -3.51. The van der Waals surface area contributed by atoms with Gasteiger partial charge in [0.25, 0.3) is 0 Å². The molecule has 0 aliphatic heterocycles. The Balaban J connectivity index is 3.60. The lowest BCUT2D eigenvalue weighted by Crippen LogP contribution is -2.43. The minimum Gasteiger partial charge on any atom is -0.348 e. The normalized spacial score (nSPS) is 9.06. The SMILES string of the molecule is NCC(=O)NCC(=O)NCC(=O)NCC=O. The van der Waals surface area contributed by atoms with Crippen molar-refractivity contribution in [1.29, 1.82) is 0 Å². The number of amides is 3. The number of carbonyl (C=O) groups is 4. The molecule has 0 radical (unpaired) electrons. The fourth-order valence-corrected chi connectivity index (χ4v) is 0.710. The van der Waals surface area contributed by atoms with E-state index in [0.29, 0.717) is 6.29 Å². The highest BCUT2D eigenvalue weighted by Gasteiger charge is 2.05. The van der Waals surface area contributed by atoms with Crippen molar-refractivity contribution in [2.24, 2.45) is 5.73 Å². The van der Waals surface area contributed by atoms with Crippen molar-refractivity contribution in [3.8, 4) is 0 Å². The molecule has 0 bridgehead atoms. The van der Waals surface area contributed by atoms with E-state index >= 15 is 0 Å². The standard InChI is InChI=1S/C8H14N4O4/c9-3-6(14)11-5-8(16)12-4-7(15)10-1-2-13/h2H,1,3-5,9H2,(H,10,15)(H,11,14)(H,12,16). The van der Waals surface area contributed by atoms with Gasteiger partial charge in [0.2, 0.25) is 17.7 Å². The van der Waals surface area contributed by atoms with Crippen LogP contribution in [0.2, 0.25) is 0 Å². The van der Waals surface area contributed by atoms with E-state index in [4.69, 9.17) is 5.73 Å². The molecule has 90 valence electrons. The first-order chi connectivity index (χ1) is 7.60. The zero-order valence-corrected chi connectivity index (χ0v) is 8.62. The maximum atomic E-state index is 11.0. The number of aldehydes is 1. The average Bonchev–Trinajstić information content (AvgIpc) is 2.30. The van der Waals surface area contributed by atoms with Crippen molar-refractivity contribution in [2.45, 2.75) is 0 Å². The van der Waals surface area contributed by atoms with E-state index in [-0.39, 0.29) is 26.2 Å². The first kappa shape index (κ1) is 14.0. The van der Waals surface area contributed by atoms with Crippen molar-refractivity contribution in [3.05, 3.63) is 0 Å². The van der Waals surface area contributed by atoms with E-state index < -0.39 is 17.7 Å². The summed E-state index contributed by atoms with van der Waals surface area (Å²) in [6.45, 7) is -0.784. The first-order valence-corrected chi connectivity index (χ1v) is 4.54. The third kappa shape index (κ3) is 7.44. The van der Waals surface area contributed by atoms with Gasteiger partial charge >= 0.3 is 0 Å². The third-order valence-electron chi connectivity index (χ3n) is 1.46. The molecule has 0 saturated carbocycles. The Kier molecular flexibility index (Phi) is 7.33. The van der Waals surface area contributed by atoms with Crippen LogP contribution >= 0.6 is 0 Å². The first-order valence-electron chi connectivity index (χ1n) is 4.54. The average molecular weight is 230 g/mol. The topological polar surface area (TPSA) is 130 Å². The molecule has 0 spiro atoms. The van der Waals surface area contributed by atoms with E-state index in [9.17, 15) is 19.2 Å². The molecule has 5 N–H and O–H groups in total. The Morgan fingerprint density at radius 2 is 1.44 bits per heavy atom. The van der Waals surface area contributed by atoms with Crippen LogP contribution in [0.15, 0.2) is 0 Å². The summed E-state index contributed by atoms with van der Waals surface area (Å²) >= 11 is 0. The van der Waals surface area contributed by atoms with Gasteiger partial charge < -0.3 is 26.5 Å². The molecule has 16 heavy (non-hydrogen) atoms. The number of nitrogens with one attached hydrogen (secondary N) is 3. The summed E-state index contributed by atoms with van der Waals surface area (Å²) in [5.74, 6) is -1.45. The van der Waals surface area contributed by atoms with Gasteiger partial charge in [-0.1, -0.05) is 0 Å². The van der Waals surface area contributed by atoms with Crippen molar-refractivity contribution in [1.82, 2.24) is 16.0 Å². The molecule has 0 fully saturated rings. The highest BCUT2D eigenvalue weighted by Crippen LogP contribution is 1.67. The molecule has 0 aliphatic carbocycles. The maximum Gasteiger partial charge on any atom is 0.239 e. The molecule has 8 nitrogen and oxygen atoms in total. The number of rotatable bonds is 7. The Morgan fingerprint density at radius 3 is 1.94 bits per heavy atom. The second-order valence-corrected chi connectivity index (χ2v) is 2.73. The predicted molar refractivity (Wildman–Crippen MR) is 54.1 cm³/mol. The van der Waals surface area contributed by atoms with Crippen molar-refractivity contribution >= 4 is 24.0 Å². The van der Waals surface area contributed by atoms with E-state index in [1.165, 1.54) is 0 Å². The monoisotopic (exact) mass is 230 g/mol. The Labute approximate surface area is 91.9 Å². The zero-order chi connectivity index (χ0) is 12.4. The summed E-state index contributed by atoms with van der Waals surface area (Å²) in [6, 6.07) is 0. The quantitative estimate of drug-likeness (QED) is 0.337. The summed E-state index contributed by atoms with van der Waals surface area (Å²) in [6.07, 6.45) is 0.529. The molecular formula is C8H14N4O4. The molecule has 0 atom stereocenters. The van der Waals surface area contributed by atoms with Crippen molar-refractivity contribution in [2.75, 3.05) is 26.2 Å². The second kappa shape index (κ2) is 8.36. The van der Waals surface area contributed by atoms with Crippen LogP contribution in [0, 0.1) is 0 Å². The summed E-state index contributed by atoms with van der Waals surface area (Å²) in [7, 11) is 0. The number of hydrogen-bond donors (Lipinski definition) is 4. The van der Waals surface area contributed by atoms with Crippen LogP contribution in [-0.4, -0.2) is 50.2 Å². The third-order valence-corrected chi connectivity index (χ3v) is 1.46. The minimum atomic E-state index is -0.511. The largest absolute Gasteiger partial charge is 0.348 e. The molecule has 0 heterocycles. The molecule has 8 heteroatoms. The van der Waals surface area contributed by atoms with E-state index in [1.807, 2.05) is 0 Å². The maximum absolute atomic E-state index is 11.0. The fourth-order valence-electron chi connectivity index (χ4n) is 0.710. The Morgan fingerprint density at radius 1 is 0.938 bits per heavy atom.